The van der Waals surface area contributed by atoms with E-state index >= 15 is 0 Å². The van der Waals surface area contributed by atoms with Crippen LogP contribution in [0.25, 0.3) is 0 Å². The van der Waals surface area contributed by atoms with Gasteiger partial charge in [0.15, 0.2) is 0 Å². The number of carbonyl (C=O) groups excluding carboxylic acids is 1. The Kier molecular flexibility index (Phi) is 6.15. The maximum Gasteiger partial charge on any atom is 0.317 e. The summed E-state index contributed by atoms with van der Waals surface area (Å²) in [7, 11) is 3.63. The monoisotopic (exact) mass is 338 g/mol. The molecule has 0 radical (unpaired) electrons. The minimum atomic E-state index is -0.0828. The first-order valence-electron chi connectivity index (χ1n) is 6.89. The fourth-order valence-electron chi connectivity index (χ4n) is 1.89. The Hall–Kier alpha value is -1.66. The molecule has 0 atom stereocenters. The highest BCUT2D eigenvalue weighted by Gasteiger charge is 2.09. The highest BCUT2D eigenvalue weighted by Crippen LogP contribution is 2.19. The van der Waals surface area contributed by atoms with Crippen molar-refractivity contribution in [2.45, 2.75) is 11.4 Å². The van der Waals surface area contributed by atoms with Gasteiger partial charge in [-0.1, -0.05) is 11.6 Å². The van der Waals surface area contributed by atoms with Gasteiger partial charge < -0.3 is 10.2 Å². The first-order valence-corrected chi connectivity index (χ1v) is 8.26. The normalized spacial score (nSPS) is 10.5. The Bertz CT molecular complexity index is 614. The molecule has 2 aromatic rings. The molecule has 1 heterocycles. The fourth-order valence-corrected chi connectivity index (χ4v) is 2.79. The van der Waals surface area contributed by atoms with E-state index in [-0.39, 0.29) is 6.03 Å². The van der Waals surface area contributed by atoms with Crippen LogP contribution in [-0.4, -0.2) is 40.1 Å². The van der Waals surface area contributed by atoms with Crippen LogP contribution in [0.1, 0.15) is 5.56 Å². The number of halogens is 1. The van der Waals surface area contributed by atoms with E-state index in [4.69, 9.17) is 11.6 Å². The van der Waals surface area contributed by atoms with Crippen molar-refractivity contribution in [2.24, 2.45) is 7.05 Å². The third kappa shape index (κ3) is 5.27. The highest BCUT2D eigenvalue weighted by molar-refractivity contribution is 7.99. The van der Waals surface area contributed by atoms with Crippen LogP contribution in [0.4, 0.5) is 4.79 Å². The molecular weight excluding hydrogens is 320 g/mol. The van der Waals surface area contributed by atoms with Gasteiger partial charge in [-0.3, -0.25) is 4.68 Å². The third-order valence-electron chi connectivity index (χ3n) is 2.99. The zero-order valence-corrected chi connectivity index (χ0v) is 14.2. The summed E-state index contributed by atoms with van der Waals surface area (Å²) in [5.41, 5.74) is 1.01. The molecule has 1 N–H and O–H groups in total. The number of carbonyl (C=O) groups is 1. The standard InChI is InChI=1S/C15H19ClN4OS/c1-19(10-12-9-18-20(2)11-12)15(21)17-7-8-22-14-5-3-13(16)4-6-14/h3-6,9,11H,7-8,10H2,1-2H3,(H,17,21). The van der Waals surface area contributed by atoms with Crippen molar-refractivity contribution in [3.05, 3.63) is 47.2 Å². The summed E-state index contributed by atoms with van der Waals surface area (Å²) < 4.78 is 1.73. The molecule has 7 heteroatoms. The van der Waals surface area contributed by atoms with E-state index in [0.29, 0.717) is 13.1 Å². The highest BCUT2D eigenvalue weighted by atomic mass is 35.5. The molecule has 0 aliphatic rings. The van der Waals surface area contributed by atoms with E-state index in [1.165, 1.54) is 0 Å². The molecule has 0 spiro atoms. The molecule has 0 fully saturated rings. The maximum absolute atomic E-state index is 12.0. The van der Waals surface area contributed by atoms with Gasteiger partial charge in [0.05, 0.1) is 12.7 Å². The Labute approximate surface area is 139 Å². The van der Waals surface area contributed by atoms with E-state index in [0.717, 1.165) is 21.2 Å². The SMILES string of the molecule is CN(Cc1cnn(C)c1)C(=O)NCCSc1ccc(Cl)cc1. The Morgan fingerprint density at radius 3 is 2.77 bits per heavy atom. The second-order valence-electron chi connectivity index (χ2n) is 4.91. The van der Waals surface area contributed by atoms with E-state index in [2.05, 4.69) is 10.4 Å². The number of benzene rings is 1. The maximum atomic E-state index is 12.0. The summed E-state index contributed by atoms with van der Waals surface area (Å²) in [5, 5.41) is 7.72. The Morgan fingerprint density at radius 2 is 2.14 bits per heavy atom. The van der Waals surface area contributed by atoms with Crippen LogP contribution in [-0.2, 0) is 13.6 Å². The number of aromatic nitrogens is 2. The van der Waals surface area contributed by atoms with Crippen LogP contribution >= 0.6 is 23.4 Å². The molecule has 118 valence electrons. The summed E-state index contributed by atoms with van der Waals surface area (Å²) in [4.78, 5) is 14.8. The fraction of sp³-hybridized carbons (Fsp3) is 0.333. The number of amides is 2. The van der Waals surface area contributed by atoms with Gasteiger partial charge in [-0.15, -0.1) is 11.8 Å². The van der Waals surface area contributed by atoms with Crippen molar-refractivity contribution < 1.29 is 4.79 Å². The zero-order chi connectivity index (χ0) is 15.9. The number of thioether (sulfide) groups is 1. The molecule has 0 unspecified atom stereocenters. The second-order valence-corrected chi connectivity index (χ2v) is 6.52. The van der Waals surface area contributed by atoms with Gasteiger partial charge in [-0.2, -0.15) is 5.10 Å². The molecule has 1 aromatic heterocycles. The van der Waals surface area contributed by atoms with E-state index in [1.54, 1.807) is 34.6 Å². The molecule has 0 saturated carbocycles. The molecule has 0 saturated heterocycles. The van der Waals surface area contributed by atoms with Gasteiger partial charge in [-0.05, 0) is 24.3 Å². The first kappa shape index (κ1) is 16.7. The number of rotatable bonds is 6. The predicted octanol–water partition coefficient (Wildman–Crippen LogP) is 3.01. The van der Waals surface area contributed by atoms with Crippen molar-refractivity contribution >= 4 is 29.4 Å². The van der Waals surface area contributed by atoms with Crippen molar-refractivity contribution in [3.63, 3.8) is 0 Å². The summed E-state index contributed by atoms with van der Waals surface area (Å²) in [5.74, 6) is 0.814. The average Bonchev–Trinajstić information content (AvgIpc) is 2.90. The average molecular weight is 339 g/mol. The summed E-state index contributed by atoms with van der Waals surface area (Å²) in [6, 6.07) is 7.60. The van der Waals surface area contributed by atoms with Crippen LogP contribution in [0.3, 0.4) is 0 Å². The minimum Gasteiger partial charge on any atom is -0.337 e. The van der Waals surface area contributed by atoms with Crippen molar-refractivity contribution in [1.29, 1.82) is 0 Å². The molecular formula is C15H19ClN4OS. The van der Waals surface area contributed by atoms with Crippen LogP contribution in [0, 0.1) is 0 Å². The number of nitrogens with zero attached hydrogens (tertiary/aromatic N) is 3. The van der Waals surface area contributed by atoms with Gasteiger partial charge in [0.2, 0.25) is 0 Å². The Balaban J connectivity index is 1.67. The number of urea groups is 1. The summed E-state index contributed by atoms with van der Waals surface area (Å²) >= 11 is 7.52. The molecule has 0 bridgehead atoms. The summed E-state index contributed by atoms with van der Waals surface area (Å²) in [6.07, 6.45) is 3.67. The molecule has 0 aliphatic carbocycles. The van der Waals surface area contributed by atoms with Crippen LogP contribution in [0.2, 0.25) is 5.02 Å². The van der Waals surface area contributed by atoms with Crippen molar-refractivity contribution in [1.82, 2.24) is 20.0 Å². The molecule has 0 aliphatic heterocycles. The van der Waals surface area contributed by atoms with Crippen LogP contribution in [0.5, 0.6) is 0 Å². The lowest BCUT2D eigenvalue weighted by Gasteiger charge is -2.17. The molecule has 1 aromatic carbocycles. The largest absolute Gasteiger partial charge is 0.337 e. The second kappa shape index (κ2) is 8.10. The Morgan fingerprint density at radius 1 is 1.41 bits per heavy atom. The van der Waals surface area contributed by atoms with E-state index in [9.17, 15) is 4.79 Å². The van der Waals surface area contributed by atoms with Crippen LogP contribution in [0.15, 0.2) is 41.6 Å². The summed E-state index contributed by atoms with van der Waals surface area (Å²) in [6.45, 7) is 1.16. The first-order chi connectivity index (χ1) is 10.5. The molecule has 2 amide bonds. The number of nitrogens with one attached hydrogen (secondary N) is 1. The van der Waals surface area contributed by atoms with Crippen molar-refractivity contribution in [2.75, 3.05) is 19.3 Å². The number of hydrogen-bond acceptors (Lipinski definition) is 3. The van der Waals surface area contributed by atoms with Gasteiger partial charge in [0.25, 0.3) is 0 Å². The lowest BCUT2D eigenvalue weighted by molar-refractivity contribution is 0.207. The van der Waals surface area contributed by atoms with E-state index in [1.807, 2.05) is 37.5 Å². The minimum absolute atomic E-state index is 0.0828. The smallest absolute Gasteiger partial charge is 0.317 e. The van der Waals surface area contributed by atoms with Gasteiger partial charge in [0.1, 0.15) is 0 Å². The van der Waals surface area contributed by atoms with Crippen molar-refractivity contribution in [3.8, 4) is 0 Å². The molecule has 2 rings (SSSR count). The topological polar surface area (TPSA) is 50.2 Å². The molecule has 5 nitrogen and oxygen atoms in total. The van der Waals surface area contributed by atoms with E-state index < -0.39 is 0 Å². The third-order valence-corrected chi connectivity index (χ3v) is 4.25. The predicted molar refractivity (Wildman–Crippen MR) is 90.2 cm³/mol. The molecule has 22 heavy (non-hydrogen) atoms. The van der Waals surface area contributed by atoms with Gasteiger partial charge in [-0.25, -0.2) is 4.79 Å². The van der Waals surface area contributed by atoms with Crippen LogP contribution < -0.4 is 5.32 Å². The lowest BCUT2D eigenvalue weighted by atomic mass is 10.3. The van der Waals surface area contributed by atoms with Gasteiger partial charge in [0, 0.05) is 48.1 Å². The zero-order valence-electron chi connectivity index (χ0n) is 12.6. The van der Waals surface area contributed by atoms with Gasteiger partial charge >= 0.3 is 6.03 Å². The number of aryl methyl sites for hydroxylation is 1. The lowest BCUT2D eigenvalue weighted by Crippen LogP contribution is -2.37. The number of hydrogen-bond donors (Lipinski definition) is 1. The quantitative estimate of drug-likeness (QED) is 0.650.